The Morgan fingerprint density at radius 2 is 1.42 bits per heavy atom. The highest BCUT2D eigenvalue weighted by Gasteiger charge is 2.38. The fourth-order valence-corrected chi connectivity index (χ4v) is 4.33. The van der Waals surface area contributed by atoms with E-state index in [2.05, 4.69) is 77.5 Å². The molecule has 0 saturated carbocycles. The first-order valence-electron chi connectivity index (χ1n) is 11.0. The number of amidine groups is 1. The molecule has 0 saturated heterocycles. The van der Waals surface area contributed by atoms with Crippen LogP contribution in [0.15, 0.2) is 108 Å². The van der Waals surface area contributed by atoms with Gasteiger partial charge < -0.3 is 9.47 Å². The van der Waals surface area contributed by atoms with Gasteiger partial charge in [0.2, 0.25) is 6.79 Å². The van der Waals surface area contributed by atoms with Crippen LogP contribution in [0.4, 0.5) is 11.4 Å². The molecule has 33 heavy (non-hydrogen) atoms. The van der Waals surface area contributed by atoms with E-state index in [1.54, 1.807) is 0 Å². The van der Waals surface area contributed by atoms with Crippen molar-refractivity contribution in [1.29, 1.82) is 0 Å². The van der Waals surface area contributed by atoms with E-state index in [-0.39, 0.29) is 13.0 Å². The molecule has 4 aromatic carbocycles. The smallest absolute Gasteiger partial charge is 0.231 e. The van der Waals surface area contributed by atoms with Crippen LogP contribution in [0.2, 0.25) is 0 Å². The molecule has 5 heteroatoms. The number of hydrazone groups is 1. The average molecular weight is 434 g/mol. The SMILES string of the molecule is Cc1ccc(N2C(c3ccccc3)=NN(c3ccccc3)[C@@H]2c2ccc3c(c2)OCO3)cc1. The summed E-state index contributed by atoms with van der Waals surface area (Å²) < 4.78 is 11.3. The van der Waals surface area contributed by atoms with Crippen LogP contribution in [-0.4, -0.2) is 12.6 Å². The lowest BCUT2D eigenvalue weighted by Gasteiger charge is -2.32. The van der Waals surface area contributed by atoms with Crippen LogP contribution in [0, 0.1) is 6.92 Å². The number of fused-ring (bicyclic) bond motifs is 1. The monoisotopic (exact) mass is 433 g/mol. The molecule has 0 aromatic heterocycles. The molecule has 0 bridgehead atoms. The Bertz CT molecular complexity index is 1300. The van der Waals surface area contributed by atoms with Gasteiger partial charge in [-0.25, -0.2) is 5.01 Å². The fraction of sp³-hybridized carbons (Fsp3) is 0.107. The number of para-hydroxylation sites is 1. The Morgan fingerprint density at radius 1 is 0.727 bits per heavy atom. The van der Waals surface area contributed by atoms with E-state index in [0.29, 0.717) is 0 Å². The van der Waals surface area contributed by atoms with Crippen molar-refractivity contribution >= 4 is 17.2 Å². The molecule has 6 rings (SSSR count). The third-order valence-electron chi connectivity index (χ3n) is 5.97. The van der Waals surface area contributed by atoms with Gasteiger partial charge in [0, 0.05) is 16.8 Å². The highest BCUT2D eigenvalue weighted by molar-refractivity contribution is 6.12. The Labute approximate surface area is 193 Å². The van der Waals surface area contributed by atoms with E-state index in [4.69, 9.17) is 14.6 Å². The second-order valence-electron chi connectivity index (χ2n) is 8.16. The molecule has 0 radical (unpaired) electrons. The van der Waals surface area contributed by atoms with Crippen LogP contribution in [0.25, 0.3) is 0 Å². The number of nitrogens with zero attached hydrogens (tertiary/aromatic N) is 3. The second-order valence-corrected chi connectivity index (χ2v) is 8.16. The lowest BCUT2D eigenvalue weighted by Crippen LogP contribution is -2.35. The number of anilines is 2. The number of hydrogen-bond acceptors (Lipinski definition) is 5. The van der Waals surface area contributed by atoms with Crippen molar-refractivity contribution in [3.8, 4) is 11.5 Å². The molecule has 0 unspecified atom stereocenters. The Balaban J connectivity index is 1.56. The summed E-state index contributed by atoms with van der Waals surface area (Å²) in [5.41, 5.74) is 5.43. The summed E-state index contributed by atoms with van der Waals surface area (Å²) in [7, 11) is 0. The number of hydrogen-bond donors (Lipinski definition) is 0. The van der Waals surface area contributed by atoms with Crippen LogP contribution in [-0.2, 0) is 0 Å². The van der Waals surface area contributed by atoms with Crippen molar-refractivity contribution in [2.45, 2.75) is 13.1 Å². The summed E-state index contributed by atoms with van der Waals surface area (Å²) >= 11 is 0. The second kappa shape index (κ2) is 8.02. The number of benzene rings is 4. The number of rotatable bonds is 4. The summed E-state index contributed by atoms with van der Waals surface area (Å²) in [6.45, 7) is 2.35. The standard InChI is InChI=1S/C28H23N3O2/c1-20-12-15-23(16-13-20)30-27(21-8-4-2-5-9-21)29-31(24-10-6-3-7-11-24)28(30)22-14-17-25-26(18-22)33-19-32-25/h2-18,28H,19H2,1H3/t28-/m1/s1. The fourth-order valence-electron chi connectivity index (χ4n) is 4.33. The largest absolute Gasteiger partial charge is 0.454 e. The van der Waals surface area contributed by atoms with Gasteiger partial charge in [0.25, 0.3) is 0 Å². The van der Waals surface area contributed by atoms with E-state index in [1.807, 2.05) is 42.5 Å². The number of aryl methyl sites for hydroxylation is 1. The van der Waals surface area contributed by atoms with E-state index in [9.17, 15) is 0 Å². The van der Waals surface area contributed by atoms with Crippen LogP contribution >= 0.6 is 0 Å². The molecule has 0 fully saturated rings. The third kappa shape index (κ3) is 3.48. The molecular formula is C28H23N3O2. The lowest BCUT2D eigenvalue weighted by molar-refractivity contribution is 0.174. The maximum absolute atomic E-state index is 5.71. The minimum absolute atomic E-state index is 0.195. The zero-order valence-corrected chi connectivity index (χ0v) is 18.3. The molecular weight excluding hydrogens is 410 g/mol. The van der Waals surface area contributed by atoms with E-state index in [0.717, 1.165) is 39.8 Å². The lowest BCUT2D eigenvalue weighted by atomic mass is 10.1. The Kier molecular flexibility index (Phi) is 4.73. The molecule has 0 spiro atoms. The highest BCUT2D eigenvalue weighted by atomic mass is 16.7. The predicted molar refractivity (Wildman–Crippen MR) is 131 cm³/mol. The summed E-state index contributed by atoms with van der Waals surface area (Å²) in [6, 6.07) is 35.3. The normalized spacial score (nSPS) is 16.8. The summed E-state index contributed by atoms with van der Waals surface area (Å²) in [6.07, 6.45) is -0.195. The minimum atomic E-state index is -0.195. The van der Waals surface area contributed by atoms with Gasteiger partial charge >= 0.3 is 0 Å². The van der Waals surface area contributed by atoms with E-state index < -0.39 is 0 Å². The predicted octanol–water partition coefficient (Wildman–Crippen LogP) is 6.11. The molecule has 162 valence electrons. The summed E-state index contributed by atoms with van der Waals surface area (Å²) in [5.74, 6) is 2.43. The zero-order valence-electron chi connectivity index (χ0n) is 18.3. The first kappa shape index (κ1) is 19.4. The Hall–Kier alpha value is -4.25. The molecule has 0 amide bonds. The van der Waals surface area contributed by atoms with Crippen LogP contribution < -0.4 is 19.4 Å². The van der Waals surface area contributed by atoms with Crippen LogP contribution in [0.1, 0.15) is 22.9 Å². The zero-order chi connectivity index (χ0) is 22.2. The van der Waals surface area contributed by atoms with Crippen LogP contribution in [0.3, 0.4) is 0 Å². The molecule has 0 N–H and O–H groups in total. The van der Waals surface area contributed by atoms with Crippen molar-refractivity contribution < 1.29 is 9.47 Å². The molecule has 2 aliphatic heterocycles. The highest BCUT2D eigenvalue weighted by Crippen LogP contribution is 2.43. The van der Waals surface area contributed by atoms with E-state index >= 15 is 0 Å². The van der Waals surface area contributed by atoms with Gasteiger partial charge in [-0.1, -0.05) is 72.3 Å². The van der Waals surface area contributed by atoms with E-state index in [1.165, 1.54) is 5.56 Å². The van der Waals surface area contributed by atoms with Gasteiger partial charge in [0.1, 0.15) is 0 Å². The van der Waals surface area contributed by atoms with Gasteiger partial charge in [0.15, 0.2) is 23.5 Å². The van der Waals surface area contributed by atoms with Crippen molar-refractivity contribution in [1.82, 2.24) is 0 Å². The maximum Gasteiger partial charge on any atom is 0.231 e. The van der Waals surface area contributed by atoms with Crippen molar-refractivity contribution in [3.63, 3.8) is 0 Å². The minimum Gasteiger partial charge on any atom is -0.454 e. The van der Waals surface area contributed by atoms with Crippen molar-refractivity contribution in [2.75, 3.05) is 16.7 Å². The first-order valence-corrected chi connectivity index (χ1v) is 11.0. The quantitative estimate of drug-likeness (QED) is 0.389. The molecule has 2 aliphatic rings. The average Bonchev–Trinajstić information content (AvgIpc) is 3.50. The molecule has 5 nitrogen and oxygen atoms in total. The van der Waals surface area contributed by atoms with Crippen molar-refractivity contribution in [3.05, 3.63) is 120 Å². The molecule has 1 atom stereocenters. The third-order valence-corrected chi connectivity index (χ3v) is 5.97. The topological polar surface area (TPSA) is 37.3 Å². The van der Waals surface area contributed by atoms with Crippen LogP contribution in [0.5, 0.6) is 11.5 Å². The van der Waals surface area contributed by atoms with Gasteiger partial charge in [0.05, 0.1) is 5.69 Å². The van der Waals surface area contributed by atoms with Gasteiger partial charge in [-0.15, -0.1) is 0 Å². The van der Waals surface area contributed by atoms with Gasteiger partial charge in [-0.05, 0) is 43.3 Å². The summed E-state index contributed by atoms with van der Waals surface area (Å²) in [4.78, 5) is 2.29. The first-order chi connectivity index (χ1) is 16.3. The maximum atomic E-state index is 5.71. The Morgan fingerprint density at radius 3 is 2.18 bits per heavy atom. The van der Waals surface area contributed by atoms with Gasteiger partial charge in [-0.3, -0.25) is 4.90 Å². The number of ether oxygens (including phenoxy) is 2. The summed E-state index contributed by atoms with van der Waals surface area (Å²) in [5, 5.41) is 7.25. The van der Waals surface area contributed by atoms with Crippen molar-refractivity contribution in [2.24, 2.45) is 5.10 Å². The molecule has 0 aliphatic carbocycles. The van der Waals surface area contributed by atoms with Gasteiger partial charge in [-0.2, -0.15) is 5.10 Å². The molecule has 2 heterocycles. The molecule has 4 aromatic rings.